The summed E-state index contributed by atoms with van der Waals surface area (Å²) in [7, 11) is 0. The molecule has 0 aliphatic carbocycles. The van der Waals surface area contributed by atoms with Gasteiger partial charge >= 0.3 is 5.97 Å². The van der Waals surface area contributed by atoms with Crippen molar-refractivity contribution in [3.8, 4) is 22.9 Å². The van der Waals surface area contributed by atoms with Crippen molar-refractivity contribution in [2.45, 2.75) is 53.2 Å². The standard InChI is InChI=1S/C32H26BrClF2N4O4S/c1-15-10-19(28-27(38-15)22(14-45-28)31(42)44-32(3,4)5)18-11-17(34)6-7-24(18)43-9-8-40-16(2)39-23-12-20(29(35)36)26(33)21(13-37)25(23)30(40)41/h6-7,10-12,14,29H,8-9H2,1-5H3. The number of hydrogen-bond donors (Lipinski definition) is 0. The first kappa shape index (κ1) is 32.5. The average molecular weight is 716 g/mol. The molecule has 8 nitrogen and oxygen atoms in total. The molecule has 0 saturated carbocycles. The summed E-state index contributed by atoms with van der Waals surface area (Å²) < 4.78 is 40.9. The summed E-state index contributed by atoms with van der Waals surface area (Å²) in [5.74, 6) is 0.278. The van der Waals surface area contributed by atoms with Crippen molar-refractivity contribution in [2.24, 2.45) is 0 Å². The van der Waals surface area contributed by atoms with E-state index in [-0.39, 0.29) is 39.9 Å². The zero-order valence-electron chi connectivity index (χ0n) is 24.8. The van der Waals surface area contributed by atoms with Crippen LogP contribution < -0.4 is 10.3 Å². The first-order valence-corrected chi connectivity index (χ1v) is 15.7. The van der Waals surface area contributed by atoms with Crippen molar-refractivity contribution in [1.82, 2.24) is 14.5 Å². The summed E-state index contributed by atoms with van der Waals surface area (Å²) in [5.41, 5.74) is 1.15. The van der Waals surface area contributed by atoms with E-state index in [2.05, 4.69) is 25.9 Å². The number of nitriles is 1. The molecular weight excluding hydrogens is 690 g/mol. The molecule has 13 heteroatoms. The van der Waals surface area contributed by atoms with Crippen LogP contribution in [0.2, 0.25) is 5.02 Å². The van der Waals surface area contributed by atoms with E-state index in [1.165, 1.54) is 15.9 Å². The van der Waals surface area contributed by atoms with E-state index in [9.17, 15) is 23.6 Å². The predicted molar refractivity (Wildman–Crippen MR) is 174 cm³/mol. The molecule has 232 valence electrons. The molecule has 0 fully saturated rings. The molecule has 0 N–H and O–H groups in total. The predicted octanol–water partition coefficient (Wildman–Crippen LogP) is 8.55. The van der Waals surface area contributed by atoms with Crippen LogP contribution in [0.3, 0.4) is 0 Å². The number of carbonyl (C=O) groups is 1. The summed E-state index contributed by atoms with van der Waals surface area (Å²) in [4.78, 5) is 35.4. The summed E-state index contributed by atoms with van der Waals surface area (Å²) in [5, 5.41) is 11.8. The summed E-state index contributed by atoms with van der Waals surface area (Å²) in [6.07, 6.45) is -2.86. The van der Waals surface area contributed by atoms with Crippen LogP contribution in [-0.4, -0.2) is 32.7 Å². The number of benzene rings is 2. The third kappa shape index (κ3) is 6.43. The van der Waals surface area contributed by atoms with Gasteiger partial charge in [0.1, 0.15) is 29.9 Å². The fraction of sp³-hybridized carbons (Fsp3) is 0.281. The minimum atomic E-state index is -2.86. The van der Waals surface area contributed by atoms with Gasteiger partial charge in [0, 0.05) is 37.3 Å². The first-order valence-electron chi connectivity index (χ1n) is 13.7. The number of aromatic nitrogens is 3. The fourth-order valence-electron chi connectivity index (χ4n) is 4.91. The van der Waals surface area contributed by atoms with E-state index in [1.54, 1.807) is 51.3 Å². The maximum Gasteiger partial charge on any atom is 0.341 e. The normalized spacial score (nSPS) is 11.8. The number of fused-ring (bicyclic) bond motifs is 2. The smallest absolute Gasteiger partial charge is 0.341 e. The molecule has 0 amide bonds. The minimum Gasteiger partial charge on any atom is -0.491 e. The zero-order valence-corrected chi connectivity index (χ0v) is 28.0. The van der Waals surface area contributed by atoms with Crippen molar-refractivity contribution in [2.75, 3.05) is 6.61 Å². The SMILES string of the molecule is Cc1cc(-c2cc(Cl)ccc2OCCn2c(C)nc3cc(C(F)F)c(Br)c(C#N)c3c2=O)c2scc(C(=O)OC(C)(C)C)c2n1. The van der Waals surface area contributed by atoms with Gasteiger partial charge in [0.05, 0.1) is 38.8 Å². The summed E-state index contributed by atoms with van der Waals surface area (Å²) in [6, 6.07) is 10.0. The highest BCUT2D eigenvalue weighted by atomic mass is 79.9. The fourth-order valence-corrected chi connectivity index (χ4v) is 6.67. The molecule has 0 aliphatic heterocycles. The Labute approximate surface area is 274 Å². The number of hydrogen-bond acceptors (Lipinski definition) is 8. The Morgan fingerprint density at radius 1 is 1.18 bits per heavy atom. The van der Waals surface area contributed by atoms with Crippen molar-refractivity contribution in [3.05, 3.63) is 83.8 Å². The van der Waals surface area contributed by atoms with Crippen LogP contribution in [0.1, 0.15) is 60.2 Å². The quantitative estimate of drug-likeness (QED) is 0.156. The number of nitrogens with zero attached hydrogens (tertiary/aromatic N) is 4. The molecule has 0 bridgehead atoms. The number of alkyl halides is 2. The molecule has 0 aliphatic rings. The highest BCUT2D eigenvalue weighted by molar-refractivity contribution is 9.10. The van der Waals surface area contributed by atoms with Crippen molar-refractivity contribution < 1.29 is 23.0 Å². The number of ether oxygens (including phenoxy) is 2. The van der Waals surface area contributed by atoms with E-state index in [1.807, 2.05) is 19.1 Å². The maximum absolute atomic E-state index is 13.6. The van der Waals surface area contributed by atoms with Gasteiger partial charge in [-0.25, -0.2) is 18.6 Å². The molecule has 0 atom stereocenters. The van der Waals surface area contributed by atoms with E-state index >= 15 is 0 Å². The third-order valence-corrected chi connectivity index (χ3v) is 8.92. The van der Waals surface area contributed by atoms with Gasteiger partial charge in [-0.3, -0.25) is 14.3 Å². The summed E-state index contributed by atoms with van der Waals surface area (Å²) in [6.45, 7) is 8.89. The van der Waals surface area contributed by atoms with Crippen LogP contribution in [0.4, 0.5) is 8.78 Å². The molecule has 2 aromatic carbocycles. The minimum absolute atomic E-state index is 0.0171. The Bertz CT molecular complexity index is 2100. The number of aryl methyl sites for hydroxylation is 2. The number of halogens is 4. The second kappa shape index (κ2) is 12.5. The molecule has 0 saturated heterocycles. The monoisotopic (exact) mass is 714 g/mol. The van der Waals surface area contributed by atoms with Crippen molar-refractivity contribution >= 4 is 66.0 Å². The van der Waals surface area contributed by atoms with E-state index < -0.39 is 29.1 Å². The average Bonchev–Trinajstić information content (AvgIpc) is 3.38. The van der Waals surface area contributed by atoms with Crippen LogP contribution in [0.5, 0.6) is 5.75 Å². The molecule has 0 radical (unpaired) electrons. The van der Waals surface area contributed by atoms with Crippen LogP contribution >= 0.6 is 38.9 Å². The zero-order chi connectivity index (χ0) is 32.8. The molecule has 0 unspecified atom stereocenters. The molecule has 5 aromatic rings. The van der Waals surface area contributed by atoms with Gasteiger partial charge in [-0.2, -0.15) is 5.26 Å². The highest BCUT2D eigenvalue weighted by Gasteiger charge is 2.25. The van der Waals surface area contributed by atoms with E-state index in [4.69, 9.17) is 21.1 Å². The van der Waals surface area contributed by atoms with Gasteiger partial charge in [0.25, 0.3) is 12.0 Å². The number of esters is 1. The number of pyridine rings is 1. The Hall–Kier alpha value is -3.92. The lowest BCUT2D eigenvalue weighted by Gasteiger charge is -2.19. The van der Waals surface area contributed by atoms with Crippen molar-refractivity contribution in [3.63, 3.8) is 0 Å². The maximum atomic E-state index is 13.6. The second-order valence-corrected chi connectivity index (χ2v) is 13.3. The highest BCUT2D eigenvalue weighted by Crippen LogP contribution is 2.41. The van der Waals surface area contributed by atoms with Gasteiger partial charge in [-0.05, 0) is 80.9 Å². The van der Waals surface area contributed by atoms with Gasteiger partial charge in [0.2, 0.25) is 0 Å². The third-order valence-electron chi connectivity index (χ3n) is 6.82. The number of carbonyl (C=O) groups excluding carboxylic acids is 1. The largest absolute Gasteiger partial charge is 0.491 e. The lowest BCUT2D eigenvalue weighted by molar-refractivity contribution is 0.00720. The van der Waals surface area contributed by atoms with Crippen LogP contribution in [0.15, 0.2) is 45.0 Å². The first-order chi connectivity index (χ1) is 21.2. The number of rotatable bonds is 7. The molecular formula is C32H26BrClF2N4O4S. The second-order valence-electron chi connectivity index (χ2n) is 11.2. The van der Waals surface area contributed by atoms with Crippen LogP contribution in [-0.2, 0) is 11.3 Å². The Morgan fingerprint density at radius 3 is 2.58 bits per heavy atom. The summed E-state index contributed by atoms with van der Waals surface area (Å²) >= 11 is 10.8. The lowest BCUT2D eigenvalue weighted by Crippen LogP contribution is -2.27. The van der Waals surface area contributed by atoms with E-state index in [0.29, 0.717) is 33.1 Å². The van der Waals surface area contributed by atoms with Crippen LogP contribution in [0.25, 0.3) is 32.2 Å². The van der Waals surface area contributed by atoms with Crippen LogP contribution in [0, 0.1) is 25.2 Å². The molecule has 5 rings (SSSR count). The Morgan fingerprint density at radius 2 is 1.91 bits per heavy atom. The van der Waals surface area contributed by atoms with Crippen molar-refractivity contribution in [1.29, 1.82) is 5.26 Å². The molecule has 0 spiro atoms. The Kier molecular flexibility index (Phi) is 8.99. The van der Waals surface area contributed by atoms with E-state index in [0.717, 1.165) is 16.3 Å². The topological polar surface area (TPSA) is 107 Å². The molecule has 3 heterocycles. The van der Waals surface area contributed by atoms with Gasteiger partial charge in [-0.1, -0.05) is 11.6 Å². The molecule has 45 heavy (non-hydrogen) atoms. The lowest BCUT2D eigenvalue weighted by atomic mass is 10.0. The van der Waals surface area contributed by atoms with Gasteiger partial charge in [-0.15, -0.1) is 11.3 Å². The molecule has 3 aromatic heterocycles. The Balaban J connectivity index is 1.50. The van der Waals surface area contributed by atoms with Gasteiger partial charge in [0.15, 0.2) is 0 Å². The number of thiophene rings is 1. The van der Waals surface area contributed by atoms with Gasteiger partial charge < -0.3 is 9.47 Å².